The van der Waals surface area contributed by atoms with Gasteiger partial charge in [0, 0.05) is 39.0 Å². The topological polar surface area (TPSA) is 141 Å². The molecule has 7 rings (SSSR count). The number of carbonyl (C=O) groups is 3. The molecule has 0 aliphatic rings. The molecule has 3 amide bonds. The first kappa shape index (κ1) is 38.9. The fourth-order valence-electron chi connectivity index (χ4n) is 6.05. The summed E-state index contributed by atoms with van der Waals surface area (Å²) in [5.41, 5.74) is 4.85. The number of aromatic nitrogens is 1. The lowest BCUT2D eigenvalue weighted by Gasteiger charge is -2.18. The SMILES string of the molecule is COc1cc(OC)c(OC)cc1/C=C(/NC(=O)c1ccccc1)C(=O)Nc1cccc(SC(C(=O)Nc2ccc(-c3nc4ccccc4o3)cc2)c2ccccc2)c1. The number of carbonyl (C=O) groups excluding carboxylic acids is 3. The lowest BCUT2D eigenvalue weighted by Crippen LogP contribution is -2.30. The number of para-hydroxylation sites is 2. The summed E-state index contributed by atoms with van der Waals surface area (Å²) in [6.45, 7) is 0. The van der Waals surface area contributed by atoms with Crippen LogP contribution in [0, 0.1) is 0 Å². The average Bonchev–Trinajstić information content (AvgIpc) is 3.70. The summed E-state index contributed by atoms with van der Waals surface area (Å²) in [6, 6.07) is 43.3. The van der Waals surface area contributed by atoms with Gasteiger partial charge in [-0.2, -0.15) is 0 Å². The standard InChI is InChI=1S/C46H38N4O7S/c1-54-39-28-41(56-3)40(55-2)26-32(39)25-37(49-43(51)30-15-8-5-9-16-30)44(52)48-34-17-12-18-35(27-34)58-42(29-13-6-4-7-14-29)45(53)47-33-23-21-31(22-24-33)46-50-36-19-10-11-20-38(36)57-46/h4-28,42H,1-3H3,(H,47,53)(H,48,52)(H,49,51)/b37-25+. The van der Waals surface area contributed by atoms with Crippen LogP contribution in [0.5, 0.6) is 17.2 Å². The van der Waals surface area contributed by atoms with Gasteiger partial charge < -0.3 is 34.6 Å². The quantitative estimate of drug-likeness (QED) is 0.0726. The van der Waals surface area contributed by atoms with Crippen molar-refractivity contribution in [1.29, 1.82) is 0 Å². The Morgan fingerprint density at radius 2 is 1.34 bits per heavy atom. The summed E-state index contributed by atoms with van der Waals surface area (Å²) in [5.74, 6) is 0.401. The summed E-state index contributed by atoms with van der Waals surface area (Å²) < 4.78 is 22.4. The van der Waals surface area contributed by atoms with Crippen LogP contribution < -0.4 is 30.2 Å². The molecular weight excluding hydrogens is 753 g/mol. The minimum Gasteiger partial charge on any atom is -0.496 e. The Hall–Kier alpha value is -7.31. The normalized spacial score (nSPS) is 11.7. The first-order chi connectivity index (χ1) is 28.3. The Kier molecular flexibility index (Phi) is 12.1. The molecule has 0 spiro atoms. The molecule has 0 aliphatic carbocycles. The van der Waals surface area contributed by atoms with Crippen LogP contribution in [0.3, 0.4) is 0 Å². The van der Waals surface area contributed by atoms with Crippen molar-refractivity contribution in [3.63, 3.8) is 0 Å². The highest BCUT2D eigenvalue weighted by atomic mass is 32.2. The zero-order chi connectivity index (χ0) is 40.4. The van der Waals surface area contributed by atoms with Gasteiger partial charge in [0.1, 0.15) is 22.2 Å². The van der Waals surface area contributed by atoms with Gasteiger partial charge in [0.25, 0.3) is 11.8 Å². The zero-order valence-corrected chi connectivity index (χ0v) is 32.5. The number of amides is 3. The molecule has 0 bridgehead atoms. The number of methoxy groups -OCH3 is 3. The summed E-state index contributed by atoms with van der Waals surface area (Å²) in [6.07, 6.45) is 1.51. The van der Waals surface area contributed by atoms with E-state index in [-0.39, 0.29) is 11.6 Å². The van der Waals surface area contributed by atoms with Crippen LogP contribution in [0.4, 0.5) is 11.4 Å². The van der Waals surface area contributed by atoms with E-state index in [0.29, 0.717) is 56.1 Å². The van der Waals surface area contributed by atoms with E-state index >= 15 is 0 Å². The van der Waals surface area contributed by atoms with Gasteiger partial charge in [0.2, 0.25) is 11.8 Å². The van der Waals surface area contributed by atoms with Crippen molar-refractivity contribution < 1.29 is 33.0 Å². The molecule has 0 fully saturated rings. The van der Waals surface area contributed by atoms with E-state index in [1.54, 1.807) is 60.7 Å². The van der Waals surface area contributed by atoms with E-state index < -0.39 is 17.1 Å². The maximum absolute atomic E-state index is 14.0. The van der Waals surface area contributed by atoms with Gasteiger partial charge in [-0.25, -0.2) is 4.98 Å². The average molecular weight is 791 g/mol. The molecule has 1 unspecified atom stereocenters. The van der Waals surface area contributed by atoms with Crippen LogP contribution in [0.1, 0.15) is 26.7 Å². The minimum absolute atomic E-state index is 0.0545. The van der Waals surface area contributed by atoms with Gasteiger partial charge in [-0.3, -0.25) is 14.4 Å². The monoisotopic (exact) mass is 790 g/mol. The lowest BCUT2D eigenvalue weighted by atomic mass is 10.1. The van der Waals surface area contributed by atoms with E-state index in [1.165, 1.54) is 39.2 Å². The van der Waals surface area contributed by atoms with Gasteiger partial charge in [0.15, 0.2) is 17.1 Å². The fraction of sp³-hybridized carbons (Fsp3) is 0.0870. The number of fused-ring (bicyclic) bond motifs is 1. The highest BCUT2D eigenvalue weighted by molar-refractivity contribution is 8.00. The van der Waals surface area contributed by atoms with Crippen LogP contribution >= 0.6 is 11.8 Å². The maximum Gasteiger partial charge on any atom is 0.272 e. The van der Waals surface area contributed by atoms with Gasteiger partial charge in [0.05, 0.1) is 21.3 Å². The predicted octanol–water partition coefficient (Wildman–Crippen LogP) is 9.40. The molecule has 0 saturated carbocycles. The smallest absolute Gasteiger partial charge is 0.272 e. The van der Waals surface area contributed by atoms with Gasteiger partial charge >= 0.3 is 0 Å². The number of hydrogen-bond acceptors (Lipinski definition) is 9. The fourth-order valence-corrected chi connectivity index (χ4v) is 7.13. The number of nitrogens with zero attached hydrogens (tertiary/aromatic N) is 1. The molecular formula is C46H38N4O7S. The summed E-state index contributed by atoms with van der Waals surface area (Å²) in [4.78, 5) is 46.6. The third kappa shape index (κ3) is 9.20. The molecule has 1 heterocycles. The first-order valence-electron chi connectivity index (χ1n) is 18.1. The summed E-state index contributed by atoms with van der Waals surface area (Å²) in [7, 11) is 4.50. The van der Waals surface area contributed by atoms with Crippen LogP contribution in [0.25, 0.3) is 28.6 Å². The van der Waals surface area contributed by atoms with Crippen molar-refractivity contribution in [2.75, 3.05) is 32.0 Å². The molecule has 3 N–H and O–H groups in total. The molecule has 58 heavy (non-hydrogen) atoms. The second kappa shape index (κ2) is 18.1. The van der Waals surface area contributed by atoms with E-state index in [1.807, 2.05) is 84.9 Å². The van der Waals surface area contributed by atoms with Gasteiger partial charge in [-0.15, -0.1) is 11.8 Å². The molecule has 1 atom stereocenters. The van der Waals surface area contributed by atoms with Crippen LogP contribution in [0.2, 0.25) is 0 Å². The molecule has 0 saturated heterocycles. The minimum atomic E-state index is -0.651. The Morgan fingerprint density at radius 3 is 2.05 bits per heavy atom. The van der Waals surface area contributed by atoms with Crippen molar-refractivity contribution in [2.45, 2.75) is 10.1 Å². The number of anilines is 2. The number of ether oxygens (including phenoxy) is 3. The van der Waals surface area contributed by atoms with Crippen molar-refractivity contribution >= 4 is 58.0 Å². The number of hydrogen-bond donors (Lipinski definition) is 3. The Labute approximate surface area is 339 Å². The van der Waals surface area contributed by atoms with E-state index in [4.69, 9.17) is 18.6 Å². The second-order valence-corrected chi connectivity index (χ2v) is 13.9. The highest BCUT2D eigenvalue weighted by Crippen LogP contribution is 2.38. The van der Waals surface area contributed by atoms with E-state index in [0.717, 1.165) is 16.6 Å². The van der Waals surface area contributed by atoms with Crippen LogP contribution in [0.15, 0.2) is 161 Å². The van der Waals surface area contributed by atoms with Crippen molar-refractivity contribution in [3.05, 3.63) is 168 Å². The maximum atomic E-state index is 14.0. The number of benzene rings is 6. The first-order valence-corrected chi connectivity index (χ1v) is 19.0. The molecule has 12 heteroatoms. The number of nitrogens with one attached hydrogen (secondary N) is 3. The van der Waals surface area contributed by atoms with Crippen LogP contribution in [-0.4, -0.2) is 44.0 Å². The van der Waals surface area contributed by atoms with Crippen molar-refractivity contribution in [3.8, 4) is 28.7 Å². The van der Waals surface area contributed by atoms with E-state index in [9.17, 15) is 14.4 Å². The Morgan fingerprint density at radius 1 is 0.672 bits per heavy atom. The molecule has 0 radical (unpaired) electrons. The number of rotatable bonds is 14. The summed E-state index contributed by atoms with van der Waals surface area (Å²) >= 11 is 1.33. The predicted molar refractivity (Wildman–Crippen MR) is 226 cm³/mol. The summed E-state index contributed by atoms with van der Waals surface area (Å²) in [5, 5.41) is 8.07. The molecule has 11 nitrogen and oxygen atoms in total. The number of oxazole rings is 1. The van der Waals surface area contributed by atoms with Crippen LogP contribution in [-0.2, 0) is 9.59 Å². The molecule has 6 aromatic carbocycles. The van der Waals surface area contributed by atoms with Gasteiger partial charge in [-0.1, -0.05) is 66.7 Å². The van der Waals surface area contributed by atoms with Crippen molar-refractivity contribution in [1.82, 2.24) is 10.3 Å². The third-order valence-corrected chi connectivity index (χ3v) is 10.2. The molecule has 7 aromatic rings. The second-order valence-electron chi connectivity index (χ2n) is 12.8. The molecule has 290 valence electrons. The highest BCUT2D eigenvalue weighted by Gasteiger charge is 2.24. The lowest BCUT2D eigenvalue weighted by molar-refractivity contribution is -0.116. The molecule has 1 aromatic heterocycles. The number of thioether (sulfide) groups is 1. The van der Waals surface area contributed by atoms with E-state index in [2.05, 4.69) is 20.9 Å². The Balaban J connectivity index is 1.12. The zero-order valence-electron chi connectivity index (χ0n) is 31.7. The van der Waals surface area contributed by atoms with Crippen molar-refractivity contribution in [2.24, 2.45) is 0 Å². The molecule has 0 aliphatic heterocycles. The largest absolute Gasteiger partial charge is 0.496 e. The third-order valence-electron chi connectivity index (χ3n) is 8.94. The van der Waals surface area contributed by atoms with Gasteiger partial charge in [-0.05, 0) is 84.4 Å². The Bertz CT molecular complexity index is 2560.